The number of carbonyl (C=O) groups is 1. The lowest BCUT2D eigenvalue weighted by Gasteiger charge is -2.36. The average Bonchev–Trinajstić information content (AvgIpc) is 2.95. The van der Waals surface area contributed by atoms with Gasteiger partial charge in [0, 0.05) is 32.4 Å². The quantitative estimate of drug-likeness (QED) is 0.753. The van der Waals surface area contributed by atoms with Crippen LogP contribution in [0.5, 0.6) is 0 Å². The van der Waals surface area contributed by atoms with E-state index in [0.29, 0.717) is 32.1 Å². The second-order valence-corrected chi connectivity index (χ2v) is 8.01. The molecule has 3 heterocycles. The van der Waals surface area contributed by atoms with Gasteiger partial charge in [-0.05, 0) is 51.2 Å². The van der Waals surface area contributed by atoms with Crippen molar-refractivity contribution in [2.24, 2.45) is 11.8 Å². The number of pyridine rings is 1. The predicted octanol–water partition coefficient (Wildman–Crippen LogP) is 3.79. The molecule has 0 unspecified atom stereocenters. The van der Waals surface area contributed by atoms with Crippen molar-refractivity contribution in [3.05, 3.63) is 24.0 Å². The van der Waals surface area contributed by atoms with Crippen molar-refractivity contribution in [1.29, 1.82) is 0 Å². The van der Waals surface area contributed by atoms with Crippen LogP contribution >= 0.6 is 0 Å². The van der Waals surface area contributed by atoms with E-state index in [-0.39, 0.29) is 17.7 Å². The molecule has 0 N–H and O–H groups in total. The van der Waals surface area contributed by atoms with Gasteiger partial charge in [-0.3, -0.25) is 0 Å². The number of fused-ring (bicyclic) bond motifs is 1. The van der Waals surface area contributed by atoms with Gasteiger partial charge in [-0.15, -0.1) is 0 Å². The number of rotatable bonds is 1. The van der Waals surface area contributed by atoms with Crippen molar-refractivity contribution in [1.82, 2.24) is 9.88 Å². The fourth-order valence-electron chi connectivity index (χ4n) is 3.73. The summed E-state index contributed by atoms with van der Waals surface area (Å²) >= 11 is 0. The molecule has 2 aliphatic rings. The number of piperidine rings is 1. The first-order valence-electron chi connectivity index (χ1n) is 8.79. The molecule has 8 heteroatoms. The van der Waals surface area contributed by atoms with E-state index in [2.05, 4.69) is 4.98 Å². The summed E-state index contributed by atoms with van der Waals surface area (Å²) in [4.78, 5) is 19.2. The number of hydrogen-bond acceptors (Lipinski definition) is 4. The summed E-state index contributed by atoms with van der Waals surface area (Å²) < 4.78 is 45.1. The molecule has 0 spiro atoms. The number of aromatic nitrogens is 1. The minimum atomic E-state index is -4.48. The Bertz CT molecular complexity index is 672. The first-order chi connectivity index (χ1) is 12.0. The largest absolute Gasteiger partial charge is 0.444 e. The van der Waals surface area contributed by atoms with Crippen LogP contribution in [0.2, 0.25) is 0 Å². The first kappa shape index (κ1) is 18.8. The normalized spacial score (nSPS) is 23.8. The van der Waals surface area contributed by atoms with E-state index in [1.54, 1.807) is 9.80 Å². The number of anilines is 1. The van der Waals surface area contributed by atoms with E-state index in [9.17, 15) is 18.0 Å². The lowest BCUT2D eigenvalue weighted by atomic mass is 9.88. The van der Waals surface area contributed by atoms with E-state index < -0.39 is 17.5 Å². The van der Waals surface area contributed by atoms with Gasteiger partial charge < -0.3 is 14.5 Å². The van der Waals surface area contributed by atoms with E-state index in [1.165, 1.54) is 18.3 Å². The maximum atomic E-state index is 13.2. The average molecular weight is 371 g/mol. The molecule has 26 heavy (non-hydrogen) atoms. The molecule has 2 fully saturated rings. The third kappa shape index (κ3) is 4.04. The molecule has 0 saturated carbocycles. The zero-order valence-electron chi connectivity index (χ0n) is 15.2. The highest BCUT2D eigenvalue weighted by Gasteiger charge is 2.42. The van der Waals surface area contributed by atoms with E-state index in [0.717, 1.165) is 6.42 Å². The Morgan fingerprint density at radius 2 is 1.88 bits per heavy atom. The van der Waals surface area contributed by atoms with Crippen molar-refractivity contribution >= 4 is 11.8 Å². The minimum Gasteiger partial charge on any atom is -0.444 e. The Kier molecular flexibility index (Phi) is 4.79. The Balaban J connectivity index is 1.71. The number of halogens is 3. The fraction of sp³-hybridized carbons (Fsp3) is 0.667. The predicted molar refractivity (Wildman–Crippen MR) is 90.9 cm³/mol. The molecule has 2 aliphatic heterocycles. The zero-order chi connectivity index (χ0) is 19.1. The van der Waals surface area contributed by atoms with Gasteiger partial charge in [0.2, 0.25) is 0 Å². The standard InChI is InChI=1S/C18H24F3N3O2/c1-17(2,3)26-16(25)24-9-12-6-8-23(10-13(12)11-24)14-5-4-7-22-15(14)18(19,20)21/h4-5,7,12-13H,6,8-11H2,1-3H3/t12-,13+/m0/s1. The third-order valence-electron chi connectivity index (χ3n) is 4.85. The number of ether oxygens (including phenoxy) is 1. The van der Waals surface area contributed by atoms with Crippen molar-refractivity contribution in [3.63, 3.8) is 0 Å². The highest BCUT2D eigenvalue weighted by atomic mass is 19.4. The first-order valence-corrected chi connectivity index (χ1v) is 8.79. The second kappa shape index (κ2) is 6.63. The summed E-state index contributed by atoms with van der Waals surface area (Å²) in [7, 11) is 0. The lowest BCUT2D eigenvalue weighted by molar-refractivity contribution is -0.140. The van der Waals surface area contributed by atoms with Crippen LogP contribution in [0.25, 0.3) is 0 Å². The molecule has 1 amide bonds. The Morgan fingerprint density at radius 1 is 1.19 bits per heavy atom. The molecule has 2 saturated heterocycles. The molecule has 1 aromatic rings. The summed E-state index contributed by atoms with van der Waals surface area (Å²) in [6, 6.07) is 3.00. The Labute approximate surface area is 151 Å². The molecule has 0 radical (unpaired) electrons. The minimum absolute atomic E-state index is 0.120. The van der Waals surface area contributed by atoms with Crippen molar-refractivity contribution in [2.45, 2.75) is 39.0 Å². The SMILES string of the molecule is CC(C)(C)OC(=O)N1C[C@@H]2CCN(c3cccnc3C(F)(F)F)C[C@@H]2C1. The molecular formula is C18H24F3N3O2. The maximum absolute atomic E-state index is 13.2. The van der Waals surface area contributed by atoms with Crippen LogP contribution in [-0.4, -0.2) is 47.8 Å². The van der Waals surface area contributed by atoms with Gasteiger partial charge in [0.25, 0.3) is 0 Å². The zero-order valence-corrected chi connectivity index (χ0v) is 15.2. The maximum Gasteiger partial charge on any atom is 0.435 e. The molecule has 2 atom stereocenters. The summed E-state index contributed by atoms with van der Waals surface area (Å²) in [5.41, 5.74) is -1.29. The Hall–Kier alpha value is -1.99. The fourth-order valence-corrected chi connectivity index (χ4v) is 3.73. The van der Waals surface area contributed by atoms with Crippen LogP contribution in [0.4, 0.5) is 23.7 Å². The van der Waals surface area contributed by atoms with Gasteiger partial charge >= 0.3 is 12.3 Å². The van der Waals surface area contributed by atoms with E-state index in [4.69, 9.17) is 4.74 Å². The monoisotopic (exact) mass is 371 g/mol. The summed E-state index contributed by atoms with van der Waals surface area (Å²) in [5.74, 6) is 0.433. The molecule has 0 aliphatic carbocycles. The second-order valence-electron chi connectivity index (χ2n) is 8.01. The number of likely N-dealkylation sites (tertiary alicyclic amines) is 1. The van der Waals surface area contributed by atoms with Crippen LogP contribution in [0.3, 0.4) is 0 Å². The number of carbonyl (C=O) groups excluding carboxylic acids is 1. The molecule has 3 rings (SSSR count). The Morgan fingerprint density at radius 3 is 2.54 bits per heavy atom. The highest BCUT2D eigenvalue weighted by Crippen LogP contribution is 2.39. The molecule has 0 aromatic carbocycles. The number of nitrogens with zero attached hydrogens (tertiary/aromatic N) is 3. The topological polar surface area (TPSA) is 45.7 Å². The van der Waals surface area contributed by atoms with Gasteiger partial charge in [0.1, 0.15) is 5.60 Å². The molecule has 144 valence electrons. The van der Waals surface area contributed by atoms with Gasteiger partial charge in [-0.25, -0.2) is 9.78 Å². The van der Waals surface area contributed by atoms with Gasteiger partial charge in [-0.2, -0.15) is 13.2 Å². The smallest absolute Gasteiger partial charge is 0.435 e. The lowest BCUT2D eigenvalue weighted by Crippen LogP contribution is -2.41. The van der Waals surface area contributed by atoms with Crippen LogP contribution in [0.1, 0.15) is 32.9 Å². The van der Waals surface area contributed by atoms with Gasteiger partial charge in [-0.1, -0.05) is 0 Å². The van der Waals surface area contributed by atoms with E-state index >= 15 is 0 Å². The number of hydrogen-bond donors (Lipinski definition) is 0. The van der Waals surface area contributed by atoms with Crippen LogP contribution in [0, 0.1) is 11.8 Å². The molecule has 1 aromatic heterocycles. The van der Waals surface area contributed by atoms with Gasteiger partial charge in [0.15, 0.2) is 5.69 Å². The van der Waals surface area contributed by atoms with Crippen LogP contribution < -0.4 is 4.90 Å². The summed E-state index contributed by atoms with van der Waals surface area (Å²) in [5, 5.41) is 0. The van der Waals surface area contributed by atoms with E-state index in [1.807, 2.05) is 20.8 Å². The summed E-state index contributed by atoms with van der Waals surface area (Å²) in [6.07, 6.45) is -2.92. The molecule has 0 bridgehead atoms. The van der Waals surface area contributed by atoms with Crippen LogP contribution in [0.15, 0.2) is 18.3 Å². The molecule has 5 nitrogen and oxygen atoms in total. The highest BCUT2D eigenvalue weighted by molar-refractivity contribution is 5.68. The van der Waals surface area contributed by atoms with Gasteiger partial charge in [0.05, 0.1) is 5.69 Å². The van der Waals surface area contributed by atoms with Crippen molar-refractivity contribution in [2.75, 3.05) is 31.1 Å². The van der Waals surface area contributed by atoms with Crippen LogP contribution in [-0.2, 0) is 10.9 Å². The van der Waals surface area contributed by atoms with Crippen molar-refractivity contribution in [3.8, 4) is 0 Å². The number of alkyl halides is 3. The molecular weight excluding hydrogens is 347 g/mol. The summed E-state index contributed by atoms with van der Waals surface area (Å²) in [6.45, 7) is 7.57. The third-order valence-corrected chi connectivity index (χ3v) is 4.85. The van der Waals surface area contributed by atoms with Crippen molar-refractivity contribution < 1.29 is 22.7 Å². The number of amides is 1.